The van der Waals surface area contributed by atoms with Crippen molar-refractivity contribution in [3.63, 3.8) is 0 Å². The molecular formula is C29H21NO2. The van der Waals surface area contributed by atoms with Gasteiger partial charge in [-0.3, -0.25) is 9.59 Å². The maximum absolute atomic E-state index is 14.2. The molecule has 2 atom stereocenters. The molecule has 154 valence electrons. The average molecular weight is 415 g/mol. The van der Waals surface area contributed by atoms with Crippen molar-refractivity contribution < 1.29 is 9.59 Å². The van der Waals surface area contributed by atoms with E-state index in [9.17, 15) is 9.59 Å². The molecule has 0 saturated carbocycles. The van der Waals surface area contributed by atoms with Gasteiger partial charge in [0.05, 0.1) is 17.0 Å². The predicted octanol–water partition coefficient (Wildman–Crippen LogP) is 5.63. The van der Waals surface area contributed by atoms with Crippen molar-refractivity contribution in [1.29, 1.82) is 0 Å². The zero-order valence-corrected chi connectivity index (χ0v) is 17.7. The fourth-order valence-electron chi connectivity index (χ4n) is 6.75. The molecule has 1 saturated heterocycles. The Balaban J connectivity index is 1.50. The second-order valence-corrected chi connectivity index (χ2v) is 9.41. The highest BCUT2D eigenvalue weighted by Gasteiger charge is 2.68. The first kappa shape index (κ1) is 17.9. The number of amides is 2. The van der Waals surface area contributed by atoms with E-state index in [1.165, 1.54) is 27.2 Å². The van der Waals surface area contributed by atoms with Crippen LogP contribution >= 0.6 is 0 Å². The standard InChI is InChI=1S/C29H21NO2/c1-29-25-21-14-6-4-12-19(21)24(20-13-5-7-15-22(20)25)26(29)27(31)30(28(29)32)23-16-8-10-17-9-2-3-11-18(17)23/h2-16,24-26H,1H3/t24?,25?,26-,29-/m1/s1. The third kappa shape index (κ3) is 1.93. The molecule has 0 radical (unpaired) electrons. The van der Waals surface area contributed by atoms with E-state index in [-0.39, 0.29) is 23.7 Å². The molecule has 0 aromatic heterocycles. The van der Waals surface area contributed by atoms with Crippen LogP contribution in [-0.4, -0.2) is 11.8 Å². The number of carbonyl (C=O) groups is 2. The van der Waals surface area contributed by atoms with Crippen LogP contribution in [0.3, 0.4) is 0 Å². The lowest BCUT2D eigenvalue weighted by Gasteiger charge is -2.51. The predicted molar refractivity (Wildman–Crippen MR) is 125 cm³/mol. The molecule has 1 heterocycles. The molecule has 2 amide bonds. The molecule has 0 N–H and O–H groups in total. The zero-order chi connectivity index (χ0) is 21.6. The van der Waals surface area contributed by atoms with Crippen molar-refractivity contribution >= 4 is 28.3 Å². The minimum atomic E-state index is -0.804. The maximum Gasteiger partial charge on any atom is 0.241 e. The lowest BCUT2D eigenvalue weighted by Crippen LogP contribution is -2.49. The number of fused-ring (bicyclic) bond motifs is 1. The summed E-state index contributed by atoms with van der Waals surface area (Å²) in [6.07, 6.45) is 0. The summed E-state index contributed by atoms with van der Waals surface area (Å²) >= 11 is 0. The highest BCUT2D eigenvalue weighted by molar-refractivity contribution is 6.27. The van der Waals surface area contributed by atoms with Crippen molar-refractivity contribution in [3.8, 4) is 0 Å². The van der Waals surface area contributed by atoms with Gasteiger partial charge in [0.2, 0.25) is 11.8 Å². The summed E-state index contributed by atoms with van der Waals surface area (Å²) in [6.45, 7) is 2.02. The van der Waals surface area contributed by atoms with Crippen LogP contribution in [0.2, 0.25) is 0 Å². The van der Waals surface area contributed by atoms with Gasteiger partial charge in [-0.2, -0.15) is 0 Å². The van der Waals surface area contributed by atoms with Gasteiger partial charge in [0.1, 0.15) is 0 Å². The smallest absolute Gasteiger partial charge is 0.241 e. The molecular weight excluding hydrogens is 394 g/mol. The van der Waals surface area contributed by atoms with E-state index >= 15 is 0 Å². The van der Waals surface area contributed by atoms with E-state index in [1.54, 1.807) is 0 Å². The largest absolute Gasteiger partial charge is 0.274 e. The summed E-state index contributed by atoms with van der Waals surface area (Å²) in [7, 11) is 0. The summed E-state index contributed by atoms with van der Waals surface area (Å²) < 4.78 is 0. The summed E-state index contributed by atoms with van der Waals surface area (Å²) in [6, 6.07) is 30.6. The van der Waals surface area contributed by atoms with Gasteiger partial charge in [0, 0.05) is 17.2 Å². The van der Waals surface area contributed by atoms with Crippen LogP contribution in [0.4, 0.5) is 5.69 Å². The molecule has 3 aliphatic carbocycles. The van der Waals surface area contributed by atoms with Gasteiger partial charge in [-0.1, -0.05) is 84.9 Å². The molecule has 32 heavy (non-hydrogen) atoms. The number of hydrogen-bond acceptors (Lipinski definition) is 2. The van der Waals surface area contributed by atoms with Crippen molar-refractivity contribution in [2.45, 2.75) is 18.8 Å². The van der Waals surface area contributed by atoms with Gasteiger partial charge in [-0.25, -0.2) is 4.90 Å². The lowest BCUT2D eigenvalue weighted by molar-refractivity contribution is -0.128. The van der Waals surface area contributed by atoms with Gasteiger partial charge in [0.25, 0.3) is 0 Å². The summed E-state index contributed by atoms with van der Waals surface area (Å²) in [5.41, 5.74) is 4.66. The van der Waals surface area contributed by atoms with Crippen molar-refractivity contribution in [1.82, 2.24) is 0 Å². The quantitative estimate of drug-likeness (QED) is 0.378. The molecule has 0 unspecified atom stereocenters. The highest BCUT2D eigenvalue weighted by atomic mass is 16.2. The summed E-state index contributed by atoms with van der Waals surface area (Å²) in [5, 5.41) is 1.96. The van der Waals surface area contributed by atoms with Crippen LogP contribution in [-0.2, 0) is 9.59 Å². The summed E-state index contributed by atoms with van der Waals surface area (Å²) in [5.74, 6) is -0.783. The van der Waals surface area contributed by atoms with Crippen LogP contribution in [0, 0.1) is 11.3 Å². The topological polar surface area (TPSA) is 37.4 Å². The number of anilines is 1. The van der Waals surface area contributed by atoms with Crippen LogP contribution in [0.15, 0.2) is 91.0 Å². The van der Waals surface area contributed by atoms with Crippen LogP contribution < -0.4 is 4.90 Å². The van der Waals surface area contributed by atoms with E-state index < -0.39 is 11.3 Å². The SMILES string of the molecule is C[C@]12C(=O)N(c3cccc4ccccc34)C(=O)[C@H]1C1c3ccccc3C2c2ccccc21. The Kier molecular flexibility index (Phi) is 3.33. The Morgan fingerprint density at radius 1 is 0.688 bits per heavy atom. The molecule has 4 aromatic rings. The Hall–Kier alpha value is -3.72. The van der Waals surface area contributed by atoms with E-state index in [2.05, 4.69) is 24.3 Å². The molecule has 1 aliphatic heterocycles. The van der Waals surface area contributed by atoms with E-state index in [4.69, 9.17) is 0 Å². The molecule has 0 spiro atoms. The molecule has 3 heteroatoms. The van der Waals surface area contributed by atoms with Crippen molar-refractivity contribution in [3.05, 3.63) is 113 Å². The van der Waals surface area contributed by atoms with Gasteiger partial charge < -0.3 is 0 Å². The van der Waals surface area contributed by atoms with Crippen LogP contribution in [0.25, 0.3) is 10.8 Å². The minimum Gasteiger partial charge on any atom is -0.274 e. The number of rotatable bonds is 1. The van der Waals surface area contributed by atoms with Gasteiger partial charge >= 0.3 is 0 Å². The maximum atomic E-state index is 14.2. The molecule has 4 aliphatic rings. The van der Waals surface area contributed by atoms with Gasteiger partial charge in [-0.05, 0) is 40.6 Å². The molecule has 1 fully saturated rings. The highest BCUT2D eigenvalue weighted by Crippen LogP contribution is 2.67. The van der Waals surface area contributed by atoms with Gasteiger partial charge in [-0.15, -0.1) is 0 Å². The number of imide groups is 1. The number of carbonyl (C=O) groups excluding carboxylic acids is 2. The van der Waals surface area contributed by atoms with Crippen LogP contribution in [0.5, 0.6) is 0 Å². The van der Waals surface area contributed by atoms with Crippen LogP contribution in [0.1, 0.15) is 41.0 Å². The Morgan fingerprint density at radius 2 is 1.25 bits per heavy atom. The molecule has 8 rings (SSSR count). The monoisotopic (exact) mass is 415 g/mol. The molecule has 2 bridgehead atoms. The Morgan fingerprint density at radius 3 is 1.94 bits per heavy atom. The lowest BCUT2D eigenvalue weighted by atomic mass is 9.48. The molecule has 3 nitrogen and oxygen atoms in total. The first-order valence-corrected chi connectivity index (χ1v) is 11.2. The normalized spacial score (nSPS) is 27.4. The fraction of sp³-hybridized carbons (Fsp3) is 0.172. The fourth-order valence-corrected chi connectivity index (χ4v) is 6.75. The second-order valence-electron chi connectivity index (χ2n) is 9.41. The number of hydrogen-bond donors (Lipinski definition) is 0. The first-order valence-electron chi connectivity index (χ1n) is 11.2. The van der Waals surface area contributed by atoms with E-state index in [0.717, 1.165) is 10.8 Å². The second kappa shape index (κ2) is 5.95. The Labute approximate surface area is 186 Å². The Bertz CT molecular complexity index is 1420. The van der Waals surface area contributed by atoms with Gasteiger partial charge in [0.15, 0.2) is 0 Å². The third-order valence-corrected chi connectivity index (χ3v) is 8.02. The zero-order valence-electron chi connectivity index (χ0n) is 17.7. The van der Waals surface area contributed by atoms with E-state index in [0.29, 0.717) is 5.69 Å². The minimum absolute atomic E-state index is 0.0761. The van der Waals surface area contributed by atoms with E-state index in [1.807, 2.05) is 73.7 Å². The summed E-state index contributed by atoms with van der Waals surface area (Å²) in [4.78, 5) is 29.8. The first-order chi connectivity index (χ1) is 15.6. The molecule has 4 aromatic carbocycles. The number of nitrogens with zero attached hydrogens (tertiary/aromatic N) is 1. The third-order valence-electron chi connectivity index (χ3n) is 8.02. The van der Waals surface area contributed by atoms with Crippen molar-refractivity contribution in [2.75, 3.05) is 4.90 Å². The average Bonchev–Trinajstić information content (AvgIpc) is 3.04. The van der Waals surface area contributed by atoms with Crippen molar-refractivity contribution in [2.24, 2.45) is 11.3 Å². The number of benzene rings is 4.